The summed E-state index contributed by atoms with van der Waals surface area (Å²) in [4.78, 5) is 5.10. The maximum absolute atomic E-state index is 15.1. The number of benzene rings is 6. The molecule has 0 bridgehead atoms. The Kier molecular flexibility index (Phi) is 5.43. The van der Waals surface area contributed by atoms with E-state index in [1.54, 1.807) is 0 Å². The molecule has 0 aliphatic heterocycles. The van der Waals surface area contributed by atoms with Crippen LogP contribution in [0.3, 0.4) is 0 Å². The molecule has 0 radical (unpaired) electrons. The third-order valence-corrected chi connectivity index (χ3v) is 10.4. The second kappa shape index (κ2) is 9.10. The lowest BCUT2D eigenvalue weighted by Crippen LogP contribution is -2.25. The molecule has 0 saturated carbocycles. The van der Waals surface area contributed by atoms with Crippen LogP contribution < -0.4 is 15.9 Å². The van der Waals surface area contributed by atoms with E-state index in [0.29, 0.717) is 0 Å². The first-order valence-electron chi connectivity index (χ1n) is 12.8. The molecule has 6 aromatic carbocycles. The highest BCUT2D eigenvalue weighted by molar-refractivity contribution is 7.85. The Labute approximate surface area is 221 Å². The van der Waals surface area contributed by atoms with E-state index < -0.39 is 7.14 Å². The Balaban J connectivity index is 1.55. The molecule has 180 valence electrons. The molecule has 38 heavy (non-hydrogen) atoms. The van der Waals surface area contributed by atoms with Crippen molar-refractivity contribution in [3.63, 3.8) is 0 Å². The van der Waals surface area contributed by atoms with Crippen LogP contribution in [0.1, 0.15) is 0 Å². The number of aromatic nitrogens is 1. The number of hydrogen-bond donors (Lipinski definition) is 0. The lowest BCUT2D eigenvalue weighted by molar-refractivity contribution is 0.592. The topological polar surface area (TPSA) is 30.0 Å². The highest BCUT2D eigenvalue weighted by atomic mass is 31.2. The first-order valence-corrected chi connectivity index (χ1v) is 14.5. The van der Waals surface area contributed by atoms with Gasteiger partial charge in [-0.05, 0) is 23.1 Å². The molecule has 1 aromatic heterocycles. The average molecular weight is 506 g/mol. The van der Waals surface area contributed by atoms with E-state index in [9.17, 15) is 0 Å². The summed E-state index contributed by atoms with van der Waals surface area (Å²) in [6.07, 6.45) is 0. The maximum atomic E-state index is 15.1. The van der Waals surface area contributed by atoms with E-state index in [1.165, 1.54) is 5.39 Å². The average Bonchev–Trinajstić information content (AvgIpc) is 3.00. The van der Waals surface area contributed by atoms with Crippen molar-refractivity contribution in [1.82, 2.24) is 4.98 Å². The van der Waals surface area contributed by atoms with Crippen molar-refractivity contribution in [2.24, 2.45) is 0 Å². The van der Waals surface area contributed by atoms with Crippen LogP contribution in [0.15, 0.2) is 146 Å². The van der Waals surface area contributed by atoms with Crippen LogP contribution in [0.4, 0.5) is 0 Å². The lowest BCUT2D eigenvalue weighted by atomic mass is 9.94. The van der Waals surface area contributed by atoms with Crippen LogP contribution in [-0.2, 0) is 4.57 Å². The summed E-state index contributed by atoms with van der Waals surface area (Å²) >= 11 is 0. The second-order valence-electron chi connectivity index (χ2n) is 9.52. The first kappa shape index (κ1) is 22.7. The van der Waals surface area contributed by atoms with Gasteiger partial charge in [0, 0.05) is 37.6 Å². The molecule has 0 aliphatic rings. The van der Waals surface area contributed by atoms with E-state index in [2.05, 4.69) is 66.7 Å². The highest BCUT2D eigenvalue weighted by Gasteiger charge is 2.30. The third kappa shape index (κ3) is 3.57. The fourth-order valence-electron chi connectivity index (χ4n) is 5.52. The van der Waals surface area contributed by atoms with Crippen LogP contribution in [0.5, 0.6) is 0 Å². The minimum absolute atomic E-state index is 0.822. The summed E-state index contributed by atoms with van der Waals surface area (Å²) in [5.41, 5.74) is 4.09. The van der Waals surface area contributed by atoms with Gasteiger partial charge in [0.1, 0.15) is 0 Å². The highest BCUT2D eigenvalue weighted by Crippen LogP contribution is 2.44. The fourth-order valence-corrected chi connectivity index (χ4v) is 8.21. The molecule has 0 aliphatic carbocycles. The Morgan fingerprint density at radius 3 is 1.82 bits per heavy atom. The van der Waals surface area contributed by atoms with E-state index >= 15 is 4.57 Å². The predicted octanol–water partition coefficient (Wildman–Crippen LogP) is 7.85. The van der Waals surface area contributed by atoms with Gasteiger partial charge in [-0.2, -0.15) is 0 Å². The number of hydrogen-bond acceptors (Lipinski definition) is 2. The number of pyridine rings is 1. The zero-order chi connectivity index (χ0) is 25.5. The number of rotatable bonds is 4. The molecule has 0 N–H and O–H groups in total. The van der Waals surface area contributed by atoms with Crippen molar-refractivity contribution in [2.45, 2.75) is 0 Å². The van der Waals surface area contributed by atoms with E-state index in [1.807, 2.05) is 78.9 Å². The predicted molar refractivity (Wildman–Crippen MR) is 162 cm³/mol. The first-order chi connectivity index (χ1) is 18.7. The summed E-state index contributed by atoms with van der Waals surface area (Å²) in [7, 11) is -3.10. The monoisotopic (exact) mass is 505 g/mol. The van der Waals surface area contributed by atoms with Gasteiger partial charge in [-0.25, -0.2) is 4.98 Å². The molecule has 2 nitrogen and oxygen atoms in total. The van der Waals surface area contributed by atoms with Gasteiger partial charge in [-0.1, -0.05) is 133 Å². The van der Waals surface area contributed by atoms with Crippen molar-refractivity contribution in [2.75, 3.05) is 0 Å². The van der Waals surface area contributed by atoms with Gasteiger partial charge in [0.15, 0.2) is 7.14 Å². The van der Waals surface area contributed by atoms with Gasteiger partial charge in [0.05, 0.1) is 11.0 Å². The minimum atomic E-state index is -3.10. The molecular formula is C35H24NOP. The van der Waals surface area contributed by atoms with Crippen molar-refractivity contribution >= 4 is 55.6 Å². The molecule has 0 spiro atoms. The quantitative estimate of drug-likeness (QED) is 0.139. The Morgan fingerprint density at radius 2 is 1.08 bits per heavy atom. The largest absolute Gasteiger partial charge is 0.309 e. The number of nitrogens with zero attached hydrogens (tertiary/aromatic N) is 1. The molecule has 0 unspecified atom stereocenters. The molecule has 0 atom stereocenters. The van der Waals surface area contributed by atoms with Crippen molar-refractivity contribution in [3.8, 4) is 11.1 Å². The zero-order valence-corrected chi connectivity index (χ0v) is 21.6. The Hall–Kier alpha value is -4.52. The van der Waals surface area contributed by atoms with Crippen LogP contribution in [0, 0.1) is 0 Å². The maximum Gasteiger partial charge on any atom is 0.171 e. The summed E-state index contributed by atoms with van der Waals surface area (Å²) in [5.74, 6) is 0. The van der Waals surface area contributed by atoms with E-state index in [0.717, 1.165) is 54.2 Å². The van der Waals surface area contributed by atoms with Gasteiger partial charge in [0.25, 0.3) is 0 Å². The number of para-hydroxylation sites is 1. The summed E-state index contributed by atoms with van der Waals surface area (Å²) in [6.45, 7) is 0. The zero-order valence-electron chi connectivity index (χ0n) is 20.7. The van der Waals surface area contributed by atoms with Crippen molar-refractivity contribution in [3.05, 3.63) is 146 Å². The van der Waals surface area contributed by atoms with Gasteiger partial charge in [0.2, 0.25) is 0 Å². The molecule has 0 amide bonds. The van der Waals surface area contributed by atoms with Crippen LogP contribution in [0.25, 0.3) is 43.7 Å². The summed E-state index contributed by atoms with van der Waals surface area (Å²) in [6, 6.07) is 49.0. The van der Waals surface area contributed by atoms with E-state index in [4.69, 9.17) is 4.98 Å². The number of fused-ring (bicyclic) bond motifs is 4. The Bertz CT molecular complexity index is 1950. The van der Waals surface area contributed by atoms with Gasteiger partial charge < -0.3 is 4.57 Å². The Morgan fingerprint density at radius 1 is 0.474 bits per heavy atom. The molecule has 3 heteroatoms. The molecule has 7 rings (SSSR count). The van der Waals surface area contributed by atoms with Crippen molar-refractivity contribution in [1.29, 1.82) is 0 Å². The minimum Gasteiger partial charge on any atom is -0.309 e. The van der Waals surface area contributed by atoms with Crippen LogP contribution in [-0.4, -0.2) is 4.98 Å². The third-order valence-electron chi connectivity index (χ3n) is 7.31. The van der Waals surface area contributed by atoms with Crippen LogP contribution in [0.2, 0.25) is 0 Å². The molecule has 7 aromatic rings. The smallest absolute Gasteiger partial charge is 0.171 e. The van der Waals surface area contributed by atoms with Gasteiger partial charge >= 0.3 is 0 Å². The standard InChI is InChI=1S/C35H24NOP/c37-38(27-14-3-1-4-15-27,28-16-5-2-6-17-28)29-18-11-13-26(24-29)34-31-20-9-10-21-33(31)36-35-30-19-8-7-12-25(30)22-23-32(34)35/h1-24H. The summed E-state index contributed by atoms with van der Waals surface area (Å²) in [5, 5.41) is 6.96. The summed E-state index contributed by atoms with van der Waals surface area (Å²) < 4.78 is 15.1. The van der Waals surface area contributed by atoms with Gasteiger partial charge in [-0.15, -0.1) is 0 Å². The fraction of sp³-hybridized carbons (Fsp3) is 0. The SMILES string of the molecule is O=P(c1ccccc1)(c1ccccc1)c1cccc(-c2c3ccccc3nc3c2ccc2ccccc23)c1. The molecule has 1 heterocycles. The van der Waals surface area contributed by atoms with E-state index in [-0.39, 0.29) is 0 Å². The van der Waals surface area contributed by atoms with Crippen LogP contribution >= 0.6 is 7.14 Å². The normalized spacial score (nSPS) is 11.8. The molecule has 0 saturated heterocycles. The molecular weight excluding hydrogens is 481 g/mol. The molecule has 0 fully saturated rings. The second-order valence-corrected chi connectivity index (χ2v) is 12.3. The lowest BCUT2D eigenvalue weighted by Gasteiger charge is -2.21. The van der Waals surface area contributed by atoms with Gasteiger partial charge in [-0.3, -0.25) is 0 Å². The van der Waals surface area contributed by atoms with Crippen molar-refractivity contribution < 1.29 is 4.57 Å².